The quantitative estimate of drug-likeness (QED) is 0.466. The average Bonchev–Trinajstić information content (AvgIpc) is 2.34. The molecule has 0 spiro atoms. The maximum atomic E-state index is 11.7. The number of quaternary nitrogens is 1. The van der Waals surface area contributed by atoms with Gasteiger partial charge in [-0.1, -0.05) is 0 Å². The van der Waals surface area contributed by atoms with Crippen LogP contribution in [-0.4, -0.2) is 32.0 Å². The monoisotopic (exact) mass is 237 g/mol. The third kappa shape index (κ3) is 4.65. The van der Waals surface area contributed by atoms with Crippen LogP contribution < -0.4 is 15.2 Å². The molecule has 0 fully saturated rings. The second kappa shape index (κ2) is 6.65. The number of carboxylic acids is 1. The second-order valence-corrected chi connectivity index (χ2v) is 3.56. The standard InChI is InChI=1S/C12H15NO4/c1-17-10-4-2-9(3-5-10)11(14)6-7-13-8-12(15)16/h2-5,13H,6-8H2,1H3,(H,15,16). The molecule has 0 amide bonds. The number of methoxy groups -OCH3 is 1. The van der Waals surface area contributed by atoms with Gasteiger partial charge in [0.1, 0.15) is 12.3 Å². The Kier molecular flexibility index (Phi) is 5.16. The van der Waals surface area contributed by atoms with Crippen molar-refractivity contribution in [1.29, 1.82) is 0 Å². The largest absolute Gasteiger partial charge is 0.544 e. The van der Waals surface area contributed by atoms with Gasteiger partial charge in [-0.25, -0.2) is 0 Å². The van der Waals surface area contributed by atoms with Crippen molar-refractivity contribution in [3.8, 4) is 5.75 Å². The van der Waals surface area contributed by atoms with E-state index < -0.39 is 5.97 Å². The predicted molar refractivity (Wildman–Crippen MR) is 58.6 cm³/mol. The summed E-state index contributed by atoms with van der Waals surface area (Å²) in [5.74, 6) is -0.436. The number of Topliss-reactive ketones (excluding diaryl/α,β-unsaturated/α-hetero) is 1. The zero-order valence-corrected chi connectivity index (χ0v) is 9.64. The van der Waals surface area contributed by atoms with Crippen molar-refractivity contribution in [1.82, 2.24) is 0 Å². The smallest absolute Gasteiger partial charge is 0.168 e. The fourth-order valence-corrected chi connectivity index (χ4v) is 1.37. The van der Waals surface area contributed by atoms with Gasteiger partial charge in [-0.15, -0.1) is 0 Å². The number of aliphatic carboxylic acids is 1. The van der Waals surface area contributed by atoms with Crippen LogP contribution in [0.15, 0.2) is 24.3 Å². The minimum Gasteiger partial charge on any atom is -0.544 e. The van der Waals surface area contributed by atoms with E-state index in [1.54, 1.807) is 31.4 Å². The summed E-state index contributed by atoms with van der Waals surface area (Å²) in [5.41, 5.74) is 0.604. The van der Waals surface area contributed by atoms with E-state index in [-0.39, 0.29) is 12.3 Å². The van der Waals surface area contributed by atoms with E-state index in [1.807, 2.05) is 0 Å². The molecule has 0 radical (unpaired) electrons. The van der Waals surface area contributed by atoms with Crippen LogP contribution in [0.25, 0.3) is 0 Å². The van der Waals surface area contributed by atoms with Gasteiger partial charge in [0.05, 0.1) is 26.0 Å². The van der Waals surface area contributed by atoms with Gasteiger partial charge in [-0.05, 0) is 24.3 Å². The Bertz CT molecular complexity index is 386. The second-order valence-electron chi connectivity index (χ2n) is 3.56. The first-order chi connectivity index (χ1) is 8.13. The van der Waals surface area contributed by atoms with Crippen molar-refractivity contribution >= 4 is 11.8 Å². The van der Waals surface area contributed by atoms with E-state index in [9.17, 15) is 14.7 Å². The van der Waals surface area contributed by atoms with E-state index >= 15 is 0 Å². The molecule has 0 aromatic heterocycles. The summed E-state index contributed by atoms with van der Waals surface area (Å²) in [6.07, 6.45) is 0.305. The molecular formula is C12H15NO4. The molecule has 0 aliphatic carbocycles. The number of ketones is 1. The minimum atomic E-state index is -1.12. The number of carbonyl (C=O) groups excluding carboxylic acids is 2. The zero-order chi connectivity index (χ0) is 12.7. The van der Waals surface area contributed by atoms with Gasteiger partial charge >= 0.3 is 0 Å². The number of carbonyl (C=O) groups is 2. The van der Waals surface area contributed by atoms with Gasteiger partial charge in [0.2, 0.25) is 0 Å². The fraction of sp³-hybridized carbons (Fsp3) is 0.333. The number of ether oxygens (including phenoxy) is 1. The number of benzene rings is 1. The summed E-state index contributed by atoms with van der Waals surface area (Å²) in [6.45, 7) is 0.328. The van der Waals surface area contributed by atoms with Gasteiger partial charge in [-0.3, -0.25) is 4.79 Å². The first-order valence-electron chi connectivity index (χ1n) is 5.32. The molecule has 1 aromatic carbocycles. The van der Waals surface area contributed by atoms with Crippen molar-refractivity contribution < 1.29 is 24.7 Å². The maximum absolute atomic E-state index is 11.7. The van der Waals surface area contributed by atoms with Gasteiger partial charge in [-0.2, -0.15) is 0 Å². The molecule has 0 atom stereocenters. The zero-order valence-electron chi connectivity index (χ0n) is 9.64. The Balaban J connectivity index is 2.38. The summed E-state index contributed by atoms with van der Waals surface area (Å²) in [4.78, 5) is 21.8. The maximum Gasteiger partial charge on any atom is 0.168 e. The molecule has 5 nitrogen and oxygen atoms in total. The van der Waals surface area contributed by atoms with Crippen LogP contribution in [0.5, 0.6) is 5.75 Å². The van der Waals surface area contributed by atoms with Crippen molar-refractivity contribution in [2.75, 3.05) is 20.2 Å². The van der Waals surface area contributed by atoms with Crippen LogP contribution in [-0.2, 0) is 4.79 Å². The number of carboxylic acid groups (broad SMARTS) is 1. The SMILES string of the molecule is COc1ccc(C(=O)CC[NH2+]CC(=O)[O-])cc1. The summed E-state index contributed by atoms with van der Waals surface area (Å²) in [6, 6.07) is 6.83. The van der Waals surface area contributed by atoms with E-state index in [4.69, 9.17) is 4.74 Å². The predicted octanol–water partition coefficient (Wildman–Crippen LogP) is -1.42. The van der Waals surface area contributed by atoms with Crippen LogP contribution in [0.1, 0.15) is 16.8 Å². The Hall–Kier alpha value is -1.88. The van der Waals surface area contributed by atoms with E-state index in [1.165, 1.54) is 5.32 Å². The van der Waals surface area contributed by atoms with Crippen molar-refractivity contribution in [2.45, 2.75) is 6.42 Å². The Morgan fingerprint density at radius 3 is 2.47 bits per heavy atom. The van der Waals surface area contributed by atoms with Gasteiger partial charge in [0, 0.05) is 5.56 Å². The Morgan fingerprint density at radius 2 is 1.94 bits per heavy atom. The molecule has 0 unspecified atom stereocenters. The molecule has 0 heterocycles. The van der Waals surface area contributed by atoms with E-state index in [0.717, 1.165) is 0 Å². The lowest BCUT2D eigenvalue weighted by Gasteiger charge is -2.03. The molecule has 5 heteroatoms. The lowest BCUT2D eigenvalue weighted by atomic mass is 10.1. The van der Waals surface area contributed by atoms with Gasteiger partial charge in [0.25, 0.3) is 0 Å². The Labute approximate surface area is 99.4 Å². The average molecular weight is 237 g/mol. The van der Waals surface area contributed by atoms with Crippen molar-refractivity contribution in [3.05, 3.63) is 29.8 Å². The molecule has 17 heavy (non-hydrogen) atoms. The van der Waals surface area contributed by atoms with Crippen molar-refractivity contribution in [3.63, 3.8) is 0 Å². The summed E-state index contributed by atoms with van der Waals surface area (Å²) < 4.78 is 4.98. The molecule has 92 valence electrons. The molecule has 2 N–H and O–H groups in total. The highest BCUT2D eigenvalue weighted by molar-refractivity contribution is 5.96. The lowest BCUT2D eigenvalue weighted by Crippen LogP contribution is -2.87. The molecule has 0 aliphatic rings. The molecule has 0 aliphatic heterocycles. The van der Waals surface area contributed by atoms with E-state index in [0.29, 0.717) is 24.3 Å². The molecule has 1 aromatic rings. The van der Waals surface area contributed by atoms with Gasteiger partial charge < -0.3 is 20.0 Å². The molecule has 1 rings (SSSR count). The van der Waals surface area contributed by atoms with E-state index in [2.05, 4.69) is 0 Å². The molecular weight excluding hydrogens is 222 g/mol. The number of nitrogens with two attached hydrogens (primary N) is 1. The van der Waals surface area contributed by atoms with Crippen LogP contribution in [0.4, 0.5) is 0 Å². The molecule has 0 saturated heterocycles. The van der Waals surface area contributed by atoms with Crippen molar-refractivity contribution in [2.24, 2.45) is 0 Å². The Morgan fingerprint density at radius 1 is 1.29 bits per heavy atom. The van der Waals surface area contributed by atoms with Crippen LogP contribution in [0, 0.1) is 0 Å². The highest BCUT2D eigenvalue weighted by Gasteiger charge is 2.06. The normalized spacial score (nSPS) is 9.94. The lowest BCUT2D eigenvalue weighted by molar-refractivity contribution is -0.649. The minimum absolute atomic E-state index is 0.0118. The number of hydrogen-bond donors (Lipinski definition) is 1. The summed E-state index contributed by atoms with van der Waals surface area (Å²) in [5, 5.41) is 11.7. The first kappa shape index (κ1) is 13.2. The van der Waals surface area contributed by atoms with Crippen LogP contribution in [0.2, 0.25) is 0 Å². The molecule has 0 saturated carbocycles. The fourth-order valence-electron chi connectivity index (χ4n) is 1.37. The highest BCUT2D eigenvalue weighted by Crippen LogP contribution is 2.12. The number of rotatable bonds is 7. The third-order valence-electron chi connectivity index (χ3n) is 2.30. The summed E-state index contributed by atoms with van der Waals surface area (Å²) >= 11 is 0. The number of hydrogen-bond acceptors (Lipinski definition) is 4. The molecule has 0 bridgehead atoms. The van der Waals surface area contributed by atoms with Gasteiger partial charge in [0.15, 0.2) is 5.78 Å². The van der Waals surface area contributed by atoms with Crippen LogP contribution >= 0.6 is 0 Å². The van der Waals surface area contributed by atoms with Crippen LogP contribution in [0.3, 0.4) is 0 Å². The first-order valence-corrected chi connectivity index (χ1v) is 5.32. The third-order valence-corrected chi connectivity index (χ3v) is 2.30. The highest BCUT2D eigenvalue weighted by atomic mass is 16.5. The topological polar surface area (TPSA) is 83.0 Å². The summed E-state index contributed by atoms with van der Waals surface area (Å²) in [7, 11) is 1.56.